The summed E-state index contributed by atoms with van der Waals surface area (Å²) in [4.78, 5) is 25.9. The molecule has 0 aliphatic carbocycles. The molecule has 5 heteroatoms. The predicted molar refractivity (Wildman–Crippen MR) is 125 cm³/mol. The maximum absolute atomic E-state index is 13.3. The molecule has 0 fully saturated rings. The number of para-hydroxylation sites is 1. The van der Waals surface area contributed by atoms with E-state index in [0.717, 1.165) is 16.9 Å². The van der Waals surface area contributed by atoms with Crippen LogP contribution in [0.4, 0.5) is 5.69 Å². The second-order valence-electron chi connectivity index (χ2n) is 7.33. The van der Waals surface area contributed by atoms with Gasteiger partial charge in [0, 0.05) is 11.6 Å². The summed E-state index contributed by atoms with van der Waals surface area (Å²) in [5, 5.41) is 5.78. The van der Waals surface area contributed by atoms with E-state index in [2.05, 4.69) is 10.6 Å². The number of carbonyl (C=O) groups is 2. The normalized spacial score (nSPS) is 11.2. The van der Waals surface area contributed by atoms with Crippen LogP contribution in [0.5, 0.6) is 5.75 Å². The molecule has 0 bridgehead atoms. The highest BCUT2D eigenvalue weighted by molar-refractivity contribution is 6.29. The minimum Gasteiger partial charge on any atom is -0.497 e. The zero-order chi connectivity index (χ0) is 22.2. The van der Waals surface area contributed by atoms with Crippen LogP contribution in [-0.4, -0.2) is 25.0 Å². The molecule has 158 valence electrons. The van der Waals surface area contributed by atoms with Crippen molar-refractivity contribution in [3.63, 3.8) is 0 Å². The van der Waals surface area contributed by atoms with Gasteiger partial charge in [-0.3, -0.25) is 9.59 Å². The first-order chi connectivity index (χ1) is 15.0. The Balaban J connectivity index is 1.95. The van der Waals surface area contributed by atoms with Crippen LogP contribution in [0.1, 0.15) is 35.3 Å². The van der Waals surface area contributed by atoms with Crippen LogP contribution in [-0.2, 0) is 4.79 Å². The zero-order valence-electron chi connectivity index (χ0n) is 17.9. The third-order valence-electron chi connectivity index (χ3n) is 4.60. The second-order valence-corrected chi connectivity index (χ2v) is 7.33. The highest BCUT2D eigenvalue weighted by Crippen LogP contribution is 2.23. The van der Waals surface area contributed by atoms with E-state index in [1.54, 1.807) is 31.4 Å². The number of methoxy groups -OCH3 is 1. The molecule has 3 rings (SSSR count). The van der Waals surface area contributed by atoms with Gasteiger partial charge in [0.2, 0.25) is 0 Å². The quantitative estimate of drug-likeness (QED) is 0.422. The van der Waals surface area contributed by atoms with Crippen molar-refractivity contribution in [3.8, 4) is 5.75 Å². The third-order valence-corrected chi connectivity index (χ3v) is 4.60. The first-order valence-corrected chi connectivity index (χ1v) is 10.1. The number of hydrogen-bond donors (Lipinski definition) is 2. The Labute approximate surface area is 182 Å². The van der Waals surface area contributed by atoms with Crippen LogP contribution in [0.25, 0.3) is 11.6 Å². The number of rotatable bonds is 7. The van der Waals surface area contributed by atoms with E-state index in [1.165, 1.54) is 0 Å². The predicted octanol–water partition coefficient (Wildman–Crippen LogP) is 5.01. The Bertz CT molecular complexity index is 1070. The Morgan fingerprint density at radius 3 is 2.16 bits per heavy atom. The largest absolute Gasteiger partial charge is 0.497 e. The molecule has 2 N–H and O–H groups in total. The smallest absolute Gasteiger partial charge is 0.256 e. The van der Waals surface area contributed by atoms with Crippen molar-refractivity contribution in [1.29, 1.82) is 0 Å². The number of hydrogen-bond acceptors (Lipinski definition) is 3. The van der Waals surface area contributed by atoms with Crippen molar-refractivity contribution in [2.75, 3.05) is 12.4 Å². The molecule has 2 amide bonds. The van der Waals surface area contributed by atoms with Crippen molar-refractivity contribution in [3.05, 3.63) is 95.6 Å². The van der Waals surface area contributed by atoms with Gasteiger partial charge in [-0.1, -0.05) is 54.6 Å². The van der Waals surface area contributed by atoms with Crippen molar-refractivity contribution < 1.29 is 14.3 Å². The lowest BCUT2D eigenvalue weighted by Crippen LogP contribution is -2.31. The van der Waals surface area contributed by atoms with E-state index in [9.17, 15) is 9.59 Å². The SMILES string of the molecule is COc1ccc(C=C(C(=O)Nc2ccccc2C(=O)NC(C)C)c2ccccc2)cc1. The fourth-order valence-corrected chi connectivity index (χ4v) is 3.08. The van der Waals surface area contributed by atoms with Crippen molar-refractivity contribution in [2.45, 2.75) is 19.9 Å². The Kier molecular flexibility index (Phi) is 7.22. The van der Waals surface area contributed by atoms with E-state index >= 15 is 0 Å². The van der Waals surface area contributed by atoms with Gasteiger partial charge in [0.15, 0.2) is 0 Å². The number of ether oxygens (including phenoxy) is 1. The minimum absolute atomic E-state index is 0.00824. The molecule has 3 aromatic rings. The van der Waals surface area contributed by atoms with Gasteiger partial charge in [-0.15, -0.1) is 0 Å². The van der Waals surface area contributed by atoms with Crippen molar-refractivity contribution in [1.82, 2.24) is 5.32 Å². The van der Waals surface area contributed by atoms with E-state index in [0.29, 0.717) is 16.8 Å². The van der Waals surface area contributed by atoms with Gasteiger partial charge in [0.1, 0.15) is 5.75 Å². The molecule has 31 heavy (non-hydrogen) atoms. The van der Waals surface area contributed by atoms with E-state index in [1.807, 2.05) is 74.5 Å². The number of anilines is 1. The average molecular weight is 415 g/mol. The molecular formula is C26H26N2O3. The van der Waals surface area contributed by atoms with Crippen LogP contribution in [0.3, 0.4) is 0 Å². The molecule has 0 radical (unpaired) electrons. The van der Waals surface area contributed by atoms with Crippen LogP contribution >= 0.6 is 0 Å². The van der Waals surface area contributed by atoms with Crippen molar-refractivity contribution >= 4 is 29.2 Å². The van der Waals surface area contributed by atoms with E-state index in [4.69, 9.17) is 4.74 Å². The molecule has 0 aromatic heterocycles. The van der Waals surface area contributed by atoms with Gasteiger partial charge in [0.25, 0.3) is 11.8 Å². The monoisotopic (exact) mass is 414 g/mol. The molecule has 3 aromatic carbocycles. The summed E-state index contributed by atoms with van der Waals surface area (Å²) in [6.07, 6.45) is 1.82. The molecule has 0 atom stereocenters. The van der Waals surface area contributed by atoms with Crippen LogP contribution in [0.15, 0.2) is 78.9 Å². The lowest BCUT2D eigenvalue weighted by atomic mass is 10.0. The molecule has 0 heterocycles. The summed E-state index contributed by atoms with van der Waals surface area (Å²) in [6, 6.07) is 23.9. The van der Waals surface area contributed by atoms with Gasteiger partial charge in [-0.25, -0.2) is 0 Å². The summed E-state index contributed by atoms with van der Waals surface area (Å²) < 4.78 is 5.21. The maximum Gasteiger partial charge on any atom is 0.256 e. The highest BCUT2D eigenvalue weighted by atomic mass is 16.5. The van der Waals surface area contributed by atoms with E-state index in [-0.39, 0.29) is 17.9 Å². The van der Waals surface area contributed by atoms with Crippen LogP contribution in [0.2, 0.25) is 0 Å². The molecule has 0 aliphatic heterocycles. The molecular weight excluding hydrogens is 388 g/mol. The van der Waals surface area contributed by atoms with E-state index < -0.39 is 0 Å². The molecule has 0 saturated heterocycles. The van der Waals surface area contributed by atoms with Crippen LogP contribution in [0, 0.1) is 0 Å². The fraction of sp³-hybridized carbons (Fsp3) is 0.154. The number of carbonyl (C=O) groups excluding carboxylic acids is 2. The summed E-state index contributed by atoms with van der Waals surface area (Å²) in [7, 11) is 1.61. The Morgan fingerprint density at radius 2 is 1.52 bits per heavy atom. The topological polar surface area (TPSA) is 67.4 Å². The Hall–Kier alpha value is -3.86. The van der Waals surface area contributed by atoms with Crippen molar-refractivity contribution in [2.24, 2.45) is 0 Å². The maximum atomic E-state index is 13.3. The molecule has 0 saturated carbocycles. The Morgan fingerprint density at radius 1 is 0.871 bits per heavy atom. The van der Waals surface area contributed by atoms with Gasteiger partial charge in [0.05, 0.1) is 18.4 Å². The fourth-order valence-electron chi connectivity index (χ4n) is 3.08. The second kappa shape index (κ2) is 10.3. The highest BCUT2D eigenvalue weighted by Gasteiger charge is 2.17. The molecule has 0 aliphatic rings. The summed E-state index contributed by atoms with van der Waals surface area (Å²) >= 11 is 0. The zero-order valence-corrected chi connectivity index (χ0v) is 17.9. The van der Waals surface area contributed by atoms with Crippen LogP contribution < -0.4 is 15.4 Å². The summed E-state index contributed by atoms with van der Waals surface area (Å²) in [5.41, 5.74) is 3.01. The van der Waals surface area contributed by atoms with Gasteiger partial charge in [-0.05, 0) is 55.3 Å². The summed E-state index contributed by atoms with van der Waals surface area (Å²) in [6.45, 7) is 3.79. The van der Waals surface area contributed by atoms with Gasteiger partial charge < -0.3 is 15.4 Å². The molecule has 5 nitrogen and oxygen atoms in total. The number of benzene rings is 3. The average Bonchev–Trinajstić information content (AvgIpc) is 2.78. The summed E-state index contributed by atoms with van der Waals surface area (Å²) in [5.74, 6) is 0.214. The minimum atomic E-state index is -0.299. The first kappa shape index (κ1) is 21.8. The molecule has 0 spiro atoms. The molecule has 0 unspecified atom stereocenters. The number of amides is 2. The first-order valence-electron chi connectivity index (χ1n) is 10.1. The standard InChI is InChI=1S/C26H26N2O3/c1-18(2)27-25(29)22-11-7-8-12-24(22)28-26(30)23(20-9-5-4-6-10-20)17-19-13-15-21(31-3)16-14-19/h4-18H,1-3H3,(H,27,29)(H,28,30). The third kappa shape index (κ3) is 5.82. The number of nitrogens with one attached hydrogen (secondary N) is 2. The lowest BCUT2D eigenvalue weighted by Gasteiger charge is -2.14. The van der Waals surface area contributed by atoms with Gasteiger partial charge in [-0.2, -0.15) is 0 Å². The lowest BCUT2D eigenvalue weighted by molar-refractivity contribution is -0.111. The van der Waals surface area contributed by atoms with Gasteiger partial charge >= 0.3 is 0 Å².